The van der Waals surface area contributed by atoms with Crippen LogP contribution in [0.4, 0.5) is 0 Å². The Hall–Kier alpha value is -0.860. The predicted molar refractivity (Wildman–Crippen MR) is 66.9 cm³/mol. The first-order valence-corrected chi connectivity index (χ1v) is 5.88. The Morgan fingerprint density at radius 3 is 2.47 bits per heavy atom. The lowest BCUT2D eigenvalue weighted by molar-refractivity contribution is 0.175. The highest BCUT2D eigenvalue weighted by molar-refractivity contribution is 9.10. The second kappa shape index (κ2) is 4.33. The molecule has 15 heavy (non-hydrogen) atoms. The zero-order valence-corrected chi connectivity index (χ0v) is 10.2. The van der Waals surface area contributed by atoms with Gasteiger partial charge in [0.05, 0.1) is 6.10 Å². The van der Waals surface area contributed by atoms with Gasteiger partial charge >= 0.3 is 0 Å². The van der Waals surface area contributed by atoms with Crippen LogP contribution >= 0.6 is 15.9 Å². The van der Waals surface area contributed by atoms with Crippen molar-refractivity contribution in [2.75, 3.05) is 0 Å². The molecule has 0 unspecified atom stereocenters. The van der Waals surface area contributed by atoms with Crippen molar-refractivity contribution in [2.24, 2.45) is 0 Å². The maximum absolute atomic E-state index is 9.90. The predicted octanol–water partition coefficient (Wildman–Crippen LogP) is 4.05. The summed E-state index contributed by atoms with van der Waals surface area (Å²) >= 11 is 3.52. The van der Waals surface area contributed by atoms with Crippen molar-refractivity contribution < 1.29 is 5.11 Å². The van der Waals surface area contributed by atoms with Gasteiger partial charge in [-0.15, -0.1) is 0 Å². The number of rotatable bonds is 2. The van der Waals surface area contributed by atoms with E-state index in [1.54, 1.807) is 0 Å². The molecule has 1 N–H and O–H groups in total. The van der Waals surface area contributed by atoms with Gasteiger partial charge < -0.3 is 5.11 Å². The molecule has 0 aromatic heterocycles. The van der Waals surface area contributed by atoms with Crippen LogP contribution in [0.15, 0.2) is 40.9 Å². The van der Waals surface area contributed by atoms with Crippen LogP contribution in [-0.2, 0) is 0 Å². The Labute approximate surface area is 97.9 Å². The summed E-state index contributed by atoms with van der Waals surface area (Å²) in [5, 5.41) is 12.2. The Kier molecular flexibility index (Phi) is 3.08. The first-order valence-electron chi connectivity index (χ1n) is 5.09. The summed E-state index contributed by atoms with van der Waals surface area (Å²) in [6, 6.07) is 12.1. The molecule has 0 saturated heterocycles. The molecule has 1 nitrogen and oxygen atoms in total. The van der Waals surface area contributed by atoms with Gasteiger partial charge in [-0.3, -0.25) is 0 Å². The van der Waals surface area contributed by atoms with Crippen LogP contribution < -0.4 is 0 Å². The third kappa shape index (κ3) is 1.92. The zero-order chi connectivity index (χ0) is 10.8. The molecule has 0 aliphatic rings. The summed E-state index contributed by atoms with van der Waals surface area (Å²) in [6.07, 6.45) is 0.369. The third-order valence-corrected chi connectivity index (χ3v) is 3.34. The van der Waals surface area contributed by atoms with Gasteiger partial charge in [-0.2, -0.15) is 0 Å². The highest BCUT2D eigenvalue weighted by Crippen LogP contribution is 2.31. The first kappa shape index (κ1) is 10.7. The monoisotopic (exact) mass is 264 g/mol. The van der Waals surface area contributed by atoms with Gasteiger partial charge in [0.25, 0.3) is 0 Å². The fraction of sp³-hybridized carbons (Fsp3) is 0.231. The van der Waals surface area contributed by atoms with Gasteiger partial charge in [0.15, 0.2) is 0 Å². The Morgan fingerprint density at radius 1 is 1.13 bits per heavy atom. The highest BCUT2D eigenvalue weighted by Gasteiger charge is 2.09. The first-order chi connectivity index (χ1) is 7.24. The van der Waals surface area contributed by atoms with E-state index in [0.29, 0.717) is 0 Å². The molecule has 0 saturated carbocycles. The SMILES string of the molecule is CC[C@H](O)c1ccc(Br)c2ccccc12. The van der Waals surface area contributed by atoms with E-state index in [4.69, 9.17) is 0 Å². The molecule has 2 aromatic carbocycles. The molecular formula is C13H13BrO. The third-order valence-electron chi connectivity index (χ3n) is 2.65. The lowest BCUT2D eigenvalue weighted by Crippen LogP contribution is -1.96. The average molecular weight is 265 g/mol. The summed E-state index contributed by atoms with van der Waals surface area (Å²) in [4.78, 5) is 0. The van der Waals surface area contributed by atoms with Crippen molar-refractivity contribution in [1.82, 2.24) is 0 Å². The summed E-state index contributed by atoms with van der Waals surface area (Å²) in [6.45, 7) is 1.99. The van der Waals surface area contributed by atoms with Gasteiger partial charge in [0, 0.05) is 4.47 Å². The Bertz CT molecular complexity index is 479. The van der Waals surface area contributed by atoms with E-state index in [1.807, 2.05) is 37.3 Å². The maximum atomic E-state index is 9.90. The van der Waals surface area contributed by atoms with Crippen molar-refractivity contribution >= 4 is 26.7 Å². The number of aliphatic hydroxyl groups is 1. The highest BCUT2D eigenvalue weighted by atomic mass is 79.9. The number of aliphatic hydroxyl groups excluding tert-OH is 1. The molecule has 0 spiro atoms. The fourth-order valence-electron chi connectivity index (χ4n) is 1.80. The lowest BCUT2D eigenvalue weighted by atomic mass is 9.99. The quantitative estimate of drug-likeness (QED) is 0.868. The molecule has 0 amide bonds. The molecular weight excluding hydrogens is 252 g/mol. The van der Waals surface area contributed by atoms with Crippen molar-refractivity contribution in [1.29, 1.82) is 0 Å². The van der Waals surface area contributed by atoms with E-state index in [9.17, 15) is 5.11 Å². The Morgan fingerprint density at radius 2 is 1.80 bits per heavy atom. The van der Waals surface area contributed by atoms with Gasteiger partial charge in [0.1, 0.15) is 0 Å². The molecule has 0 aliphatic heterocycles. The van der Waals surface area contributed by atoms with Crippen LogP contribution in [0.2, 0.25) is 0 Å². The molecule has 0 aliphatic carbocycles. The minimum Gasteiger partial charge on any atom is -0.388 e. The van der Waals surface area contributed by atoms with Crippen molar-refractivity contribution in [3.8, 4) is 0 Å². The van der Waals surface area contributed by atoms with Gasteiger partial charge in [0.2, 0.25) is 0 Å². The summed E-state index contributed by atoms with van der Waals surface area (Å²) in [5.74, 6) is 0. The van der Waals surface area contributed by atoms with E-state index >= 15 is 0 Å². The molecule has 1 atom stereocenters. The second-order valence-electron chi connectivity index (χ2n) is 3.61. The maximum Gasteiger partial charge on any atom is 0.0793 e. The van der Waals surface area contributed by atoms with Crippen LogP contribution in [0.3, 0.4) is 0 Å². The number of hydrogen-bond donors (Lipinski definition) is 1. The van der Waals surface area contributed by atoms with Gasteiger partial charge in [-0.05, 0) is 28.8 Å². The molecule has 2 rings (SSSR count). The van der Waals surface area contributed by atoms with Crippen LogP contribution in [0.25, 0.3) is 10.8 Å². The average Bonchev–Trinajstić information content (AvgIpc) is 2.29. The van der Waals surface area contributed by atoms with E-state index in [1.165, 1.54) is 0 Å². The topological polar surface area (TPSA) is 20.2 Å². The van der Waals surface area contributed by atoms with Crippen LogP contribution in [-0.4, -0.2) is 5.11 Å². The standard InChI is InChI=1S/C13H13BrO/c1-2-13(15)11-7-8-12(14)10-6-4-3-5-9(10)11/h3-8,13,15H,2H2,1H3/t13-/m0/s1. The lowest BCUT2D eigenvalue weighted by Gasteiger charge is -2.12. The molecule has 0 radical (unpaired) electrons. The van der Waals surface area contributed by atoms with Crippen LogP contribution in [0.1, 0.15) is 25.0 Å². The fourth-order valence-corrected chi connectivity index (χ4v) is 2.27. The summed E-state index contributed by atoms with van der Waals surface area (Å²) in [5.41, 5.74) is 1.01. The molecule has 78 valence electrons. The van der Waals surface area contributed by atoms with Crippen LogP contribution in [0, 0.1) is 0 Å². The van der Waals surface area contributed by atoms with E-state index in [-0.39, 0.29) is 6.10 Å². The van der Waals surface area contributed by atoms with Crippen LogP contribution in [0.5, 0.6) is 0 Å². The van der Waals surface area contributed by atoms with E-state index in [2.05, 4.69) is 22.0 Å². The van der Waals surface area contributed by atoms with E-state index in [0.717, 1.165) is 27.2 Å². The second-order valence-corrected chi connectivity index (χ2v) is 4.46. The largest absolute Gasteiger partial charge is 0.388 e. The van der Waals surface area contributed by atoms with Crippen molar-refractivity contribution in [3.63, 3.8) is 0 Å². The molecule has 0 heterocycles. The molecule has 2 aromatic rings. The van der Waals surface area contributed by atoms with Crippen molar-refractivity contribution in [3.05, 3.63) is 46.4 Å². The van der Waals surface area contributed by atoms with Gasteiger partial charge in [-0.25, -0.2) is 0 Å². The number of fused-ring (bicyclic) bond motifs is 1. The summed E-state index contributed by atoms with van der Waals surface area (Å²) in [7, 11) is 0. The molecule has 0 fully saturated rings. The number of hydrogen-bond acceptors (Lipinski definition) is 1. The minimum absolute atomic E-state index is 0.372. The molecule has 2 heteroatoms. The summed E-state index contributed by atoms with van der Waals surface area (Å²) < 4.78 is 1.07. The van der Waals surface area contributed by atoms with Crippen molar-refractivity contribution in [2.45, 2.75) is 19.4 Å². The normalized spacial score (nSPS) is 13.0. The number of benzene rings is 2. The van der Waals surface area contributed by atoms with Gasteiger partial charge in [-0.1, -0.05) is 53.2 Å². The zero-order valence-electron chi connectivity index (χ0n) is 8.57. The minimum atomic E-state index is -0.372. The van der Waals surface area contributed by atoms with E-state index < -0.39 is 0 Å². The Balaban J connectivity index is 2.71. The number of halogens is 1. The molecule has 0 bridgehead atoms. The smallest absolute Gasteiger partial charge is 0.0793 e.